The van der Waals surface area contributed by atoms with Crippen molar-refractivity contribution in [2.45, 2.75) is 20.3 Å². The number of carbonyl (C=O) groups excluding carboxylic acids is 1. The summed E-state index contributed by atoms with van der Waals surface area (Å²) in [6.07, 6.45) is 1.66. The molecule has 14 heavy (non-hydrogen) atoms. The molecule has 2 nitrogen and oxygen atoms in total. The normalized spacial score (nSPS) is 11.8. The molecule has 0 aliphatic heterocycles. The summed E-state index contributed by atoms with van der Waals surface area (Å²) in [4.78, 5) is 10.5. The lowest BCUT2D eigenvalue weighted by Crippen LogP contribution is -2.03. The summed E-state index contributed by atoms with van der Waals surface area (Å²) in [5.74, 6) is 0.0163. The number of rotatable bonds is 3. The molecule has 0 saturated heterocycles. The molecule has 0 bridgehead atoms. The molecule has 1 unspecified atom stereocenters. The number of nitriles is 1. The summed E-state index contributed by atoms with van der Waals surface area (Å²) in [5.41, 5.74) is 2.77. The zero-order valence-electron chi connectivity index (χ0n) is 8.45. The van der Waals surface area contributed by atoms with Gasteiger partial charge in [-0.3, -0.25) is 0 Å². The van der Waals surface area contributed by atoms with Gasteiger partial charge < -0.3 is 4.79 Å². The SMILES string of the molecule is Cc1c(C#N)cccc1CC(C)C=O. The lowest BCUT2D eigenvalue weighted by Gasteiger charge is -2.08. The van der Waals surface area contributed by atoms with Gasteiger partial charge in [-0.1, -0.05) is 19.1 Å². The Hall–Kier alpha value is -1.62. The maximum atomic E-state index is 10.5. The number of hydrogen-bond acceptors (Lipinski definition) is 2. The highest BCUT2D eigenvalue weighted by Crippen LogP contribution is 2.15. The van der Waals surface area contributed by atoms with Crippen LogP contribution in [0.3, 0.4) is 0 Å². The summed E-state index contributed by atoms with van der Waals surface area (Å²) in [6.45, 7) is 3.80. The highest BCUT2D eigenvalue weighted by molar-refractivity contribution is 5.54. The number of carbonyl (C=O) groups is 1. The Kier molecular flexibility index (Phi) is 3.41. The molecule has 0 saturated carbocycles. The van der Waals surface area contributed by atoms with Crippen LogP contribution in [0.1, 0.15) is 23.6 Å². The minimum atomic E-state index is 0.0163. The number of nitrogens with zero attached hydrogens (tertiary/aromatic N) is 1. The molecule has 1 aromatic rings. The van der Waals surface area contributed by atoms with E-state index in [1.165, 1.54) is 0 Å². The molecule has 2 heteroatoms. The van der Waals surface area contributed by atoms with Crippen LogP contribution in [0.25, 0.3) is 0 Å². The van der Waals surface area contributed by atoms with E-state index in [2.05, 4.69) is 6.07 Å². The van der Waals surface area contributed by atoms with Crippen LogP contribution < -0.4 is 0 Å². The summed E-state index contributed by atoms with van der Waals surface area (Å²) < 4.78 is 0. The van der Waals surface area contributed by atoms with Crippen LogP contribution in [-0.2, 0) is 11.2 Å². The smallest absolute Gasteiger partial charge is 0.123 e. The van der Waals surface area contributed by atoms with Crippen molar-refractivity contribution < 1.29 is 4.79 Å². The molecule has 1 rings (SSSR count). The van der Waals surface area contributed by atoms with Gasteiger partial charge in [0.05, 0.1) is 11.6 Å². The largest absolute Gasteiger partial charge is 0.303 e. The Morgan fingerprint density at radius 2 is 2.29 bits per heavy atom. The van der Waals surface area contributed by atoms with Gasteiger partial charge in [0.1, 0.15) is 6.29 Å². The van der Waals surface area contributed by atoms with Gasteiger partial charge in [-0.05, 0) is 30.5 Å². The van der Waals surface area contributed by atoms with Crippen LogP contribution in [0.2, 0.25) is 0 Å². The van der Waals surface area contributed by atoms with E-state index in [0.29, 0.717) is 12.0 Å². The standard InChI is InChI=1S/C12H13NO/c1-9(8-14)6-11-4-3-5-12(7-13)10(11)2/h3-5,8-9H,6H2,1-2H3. The van der Waals surface area contributed by atoms with Crippen LogP contribution in [-0.4, -0.2) is 6.29 Å². The molecule has 1 atom stereocenters. The van der Waals surface area contributed by atoms with Gasteiger partial charge in [0.2, 0.25) is 0 Å². The van der Waals surface area contributed by atoms with Gasteiger partial charge in [-0.2, -0.15) is 5.26 Å². The molecule has 0 aromatic heterocycles. The van der Waals surface area contributed by atoms with Gasteiger partial charge >= 0.3 is 0 Å². The molecular weight excluding hydrogens is 174 g/mol. The molecule has 1 aromatic carbocycles. The van der Waals surface area contributed by atoms with Crippen molar-refractivity contribution in [3.05, 3.63) is 34.9 Å². The number of benzene rings is 1. The molecule has 72 valence electrons. The molecule has 0 amide bonds. The predicted octanol–water partition coefficient (Wildman–Crippen LogP) is 2.24. The first-order chi connectivity index (χ1) is 6.69. The summed E-state index contributed by atoms with van der Waals surface area (Å²) in [7, 11) is 0. The first kappa shape index (κ1) is 10.5. The Bertz CT molecular complexity index is 376. The average molecular weight is 187 g/mol. The maximum Gasteiger partial charge on any atom is 0.123 e. The molecule has 0 heterocycles. The van der Waals surface area contributed by atoms with Crippen molar-refractivity contribution >= 4 is 6.29 Å². The molecule has 0 aliphatic carbocycles. The van der Waals surface area contributed by atoms with Crippen molar-refractivity contribution in [2.24, 2.45) is 5.92 Å². The fourth-order valence-electron chi connectivity index (χ4n) is 1.42. The molecule has 0 radical (unpaired) electrons. The minimum Gasteiger partial charge on any atom is -0.303 e. The first-order valence-corrected chi connectivity index (χ1v) is 4.63. The van der Waals surface area contributed by atoms with Gasteiger partial charge in [-0.25, -0.2) is 0 Å². The Labute approximate surface area is 84.2 Å². The van der Waals surface area contributed by atoms with E-state index in [0.717, 1.165) is 17.4 Å². The van der Waals surface area contributed by atoms with Gasteiger partial charge in [0.25, 0.3) is 0 Å². The Balaban J connectivity index is 2.99. The van der Waals surface area contributed by atoms with E-state index in [1.807, 2.05) is 26.0 Å². The van der Waals surface area contributed by atoms with E-state index >= 15 is 0 Å². The van der Waals surface area contributed by atoms with Crippen LogP contribution in [0.4, 0.5) is 0 Å². The van der Waals surface area contributed by atoms with E-state index in [4.69, 9.17) is 5.26 Å². The third-order valence-electron chi connectivity index (χ3n) is 2.34. The first-order valence-electron chi connectivity index (χ1n) is 4.63. The highest BCUT2D eigenvalue weighted by atomic mass is 16.1. The molecule has 0 aliphatic rings. The van der Waals surface area contributed by atoms with Crippen molar-refractivity contribution in [1.82, 2.24) is 0 Å². The third kappa shape index (κ3) is 2.20. The fraction of sp³-hybridized carbons (Fsp3) is 0.333. The number of hydrogen-bond donors (Lipinski definition) is 0. The van der Waals surface area contributed by atoms with Crippen molar-refractivity contribution in [2.75, 3.05) is 0 Å². The second kappa shape index (κ2) is 4.57. The summed E-state index contributed by atoms with van der Waals surface area (Å²) >= 11 is 0. The van der Waals surface area contributed by atoms with E-state index in [1.54, 1.807) is 6.07 Å². The number of aldehydes is 1. The molecule has 0 fully saturated rings. The highest BCUT2D eigenvalue weighted by Gasteiger charge is 2.06. The zero-order valence-corrected chi connectivity index (χ0v) is 8.45. The molecular formula is C12H13NO. The zero-order chi connectivity index (χ0) is 10.6. The third-order valence-corrected chi connectivity index (χ3v) is 2.34. The predicted molar refractivity (Wildman–Crippen MR) is 54.8 cm³/mol. The van der Waals surface area contributed by atoms with Crippen LogP contribution in [0, 0.1) is 24.2 Å². The quantitative estimate of drug-likeness (QED) is 0.681. The van der Waals surface area contributed by atoms with E-state index < -0.39 is 0 Å². The lowest BCUT2D eigenvalue weighted by atomic mass is 9.95. The second-order valence-corrected chi connectivity index (χ2v) is 3.52. The summed E-state index contributed by atoms with van der Waals surface area (Å²) in [6, 6.07) is 7.76. The minimum absolute atomic E-state index is 0.0163. The second-order valence-electron chi connectivity index (χ2n) is 3.52. The summed E-state index contributed by atoms with van der Waals surface area (Å²) in [5, 5.41) is 8.81. The fourth-order valence-corrected chi connectivity index (χ4v) is 1.42. The van der Waals surface area contributed by atoms with Crippen molar-refractivity contribution in [1.29, 1.82) is 5.26 Å². The topological polar surface area (TPSA) is 40.9 Å². The average Bonchev–Trinajstić information content (AvgIpc) is 2.21. The van der Waals surface area contributed by atoms with Crippen molar-refractivity contribution in [3.8, 4) is 6.07 Å². The molecule has 0 spiro atoms. The van der Waals surface area contributed by atoms with Crippen LogP contribution in [0.5, 0.6) is 0 Å². The Morgan fingerprint density at radius 3 is 2.86 bits per heavy atom. The van der Waals surface area contributed by atoms with Gasteiger partial charge in [0, 0.05) is 5.92 Å². The van der Waals surface area contributed by atoms with Crippen LogP contribution >= 0.6 is 0 Å². The van der Waals surface area contributed by atoms with E-state index in [9.17, 15) is 4.79 Å². The molecule has 0 N–H and O–H groups in total. The van der Waals surface area contributed by atoms with E-state index in [-0.39, 0.29) is 5.92 Å². The van der Waals surface area contributed by atoms with Gasteiger partial charge in [0.15, 0.2) is 0 Å². The lowest BCUT2D eigenvalue weighted by molar-refractivity contribution is -0.110. The monoisotopic (exact) mass is 187 g/mol. The Morgan fingerprint density at radius 1 is 1.57 bits per heavy atom. The van der Waals surface area contributed by atoms with Crippen LogP contribution in [0.15, 0.2) is 18.2 Å². The van der Waals surface area contributed by atoms with Crippen molar-refractivity contribution in [3.63, 3.8) is 0 Å². The van der Waals surface area contributed by atoms with Gasteiger partial charge in [-0.15, -0.1) is 0 Å². The maximum absolute atomic E-state index is 10.5.